The van der Waals surface area contributed by atoms with Crippen molar-refractivity contribution in [3.8, 4) is 0 Å². The molecule has 0 aliphatic carbocycles. The van der Waals surface area contributed by atoms with E-state index in [1.54, 1.807) is 13.8 Å². The summed E-state index contributed by atoms with van der Waals surface area (Å²) >= 11 is 0. The molecule has 5 heteroatoms. The van der Waals surface area contributed by atoms with Gasteiger partial charge in [0, 0.05) is 6.42 Å². The summed E-state index contributed by atoms with van der Waals surface area (Å²) in [5.74, 6) is -0.0560. The van der Waals surface area contributed by atoms with Gasteiger partial charge in [-0.05, 0) is 20.8 Å². The normalized spacial score (nSPS) is 13.5. The van der Waals surface area contributed by atoms with Crippen LogP contribution in [-0.4, -0.2) is 24.7 Å². The molecule has 0 aromatic carbocycles. The first-order chi connectivity index (χ1) is 7.00. The third-order valence-electron chi connectivity index (χ3n) is 1.79. The van der Waals surface area contributed by atoms with Gasteiger partial charge in [0.1, 0.15) is 5.78 Å². The van der Waals surface area contributed by atoms with Crippen LogP contribution in [0.1, 0.15) is 27.2 Å². The Hall–Kier alpha value is -0.440. The first-order valence-electron chi connectivity index (χ1n) is 5.00. The van der Waals surface area contributed by atoms with Crippen molar-refractivity contribution < 1.29 is 18.4 Å². The molecule has 0 amide bonds. The molecule has 88 valence electrons. The molecule has 0 aliphatic rings. The Bertz CT molecular complexity index is 252. The van der Waals surface area contributed by atoms with Crippen LogP contribution in [0.5, 0.6) is 0 Å². The van der Waals surface area contributed by atoms with Gasteiger partial charge >= 0.3 is 7.60 Å². The van der Waals surface area contributed by atoms with Crippen LogP contribution in [0.2, 0.25) is 0 Å². The molecule has 0 bridgehead atoms. The lowest BCUT2D eigenvalue weighted by atomic mass is 10.2. The number of ketones is 1. The lowest BCUT2D eigenvalue weighted by molar-refractivity contribution is -0.116. The van der Waals surface area contributed by atoms with Gasteiger partial charge in [-0.3, -0.25) is 9.36 Å². The molecule has 15 heavy (non-hydrogen) atoms. The predicted molar refractivity (Wildman–Crippen MR) is 60.1 cm³/mol. The van der Waals surface area contributed by atoms with Crippen molar-refractivity contribution in [2.75, 3.05) is 13.2 Å². The average molecular weight is 234 g/mol. The van der Waals surface area contributed by atoms with Gasteiger partial charge in [-0.1, -0.05) is 6.08 Å². The zero-order valence-corrected chi connectivity index (χ0v) is 10.5. The molecule has 0 saturated carbocycles. The van der Waals surface area contributed by atoms with Gasteiger partial charge < -0.3 is 9.05 Å². The van der Waals surface area contributed by atoms with Crippen molar-refractivity contribution in [2.45, 2.75) is 32.9 Å². The Labute approximate surface area is 91.2 Å². The summed E-state index contributed by atoms with van der Waals surface area (Å²) in [5.41, 5.74) is -0.546. The summed E-state index contributed by atoms with van der Waals surface area (Å²) < 4.78 is 22.5. The average Bonchev–Trinajstić information content (AvgIpc) is 2.14. The number of allylic oxidation sites excluding steroid dienone is 1. The SMILES string of the molecule is C=CC(CC(C)=O)P(=O)(OCC)OCC. The van der Waals surface area contributed by atoms with Gasteiger partial charge in [0.2, 0.25) is 0 Å². The first kappa shape index (κ1) is 14.6. The van der Waals surface area contributed by atoms with Gasteiger partial charge in [0.05, 0.1) is 18.9 Å². The number of carbonyl (C=O) groups is 1. The molecule has 0 fully saturated rings. The quantitative estimate of drug-likeness (QED) is 0.478. The van der Waals surface area contributed by atoms with Crippen molar-refractivity contribution in [3.05, 3.63) is 12.7 Å². The van der Waals surface area contributed by atoms with Crippen molar-refractivity contribution >= 4 is 13.4 Å². The Morgan fingerprint density at radius 2 is 1.87 bits per heavy atom. The lowest BCUT2D eigenvalue weighted by Gasteiger charge is -2.22. The highest BCUT2D eigenvalue weighted by Crippen LogP contribution is 2.54. The molecule has 0 aromatic rings. The summed E-state index contributed by atoms with van der Waals surface area (Å²) in [7, 11) is -3.22. The van der Waals surface area contributed by atoms with Crippen LogP contribution in [0, 0.1) is 0 Å². The van der Waals surface area contributed by atoms with Crippen LogP contribution in [0.15, 0.2) is 12.7 Å². The lowest BCUT2D eigenvalue weighted by Crippen LogP contribution is -2.14. The van der Waals surface area contributed by atoms with E-state index in [9.17, 15) is 9.36 Å². The molecule has 1 unspecified atom stereocenters. The van der Waals surface area contributed by atoms with Crippen LogP contribution in [-0.2, 0) is 18.4 Å². The van der Waals surface area contributed by atoms with Gasteiger partial charge in [-0.15, -0.1) is 6.58 Å². The number of hydrogen-bond acceptors (Lipinski definition) is 4. The third kappa shape index (κ3) is 4.74. The highest BCUT2D eigenvalue weighted by molar-refractivity contribution is 7.54. The molecule has 1 atom stereocenters. The van der Waals surface area contributed by atoms with Gasteiger partial charge in [0.25, 0.3) is 0 Å². The van der Waals surface area contributed by atoms with Gasteiger partial charge in [-0.25, -0.2) is 0 Å². The van der Waals surface area contributed by atoms with Crippen LogP contribution < -0.4 is 0 Å². The van der Waals surface area contributed by atoms with Crippen molar-refractivity contribution in [1.82, 2.24) is 0 Å². The van der Waals surface area contributed by atoms with Crippen molar-refractivity contribution in [3.63, 3.8) is 0 Å². The van der Waals surface area contributed by atoms with Crippen LogP contribution in [0.4, 0.5) is 0 Å². The minimum absolute atomic E-state index is 0.0560. The molecule has 0 N–H and O–H groups in total. The fourth-order valence-corrected chi connectivity index (χ4v) is 3.12. The molecule has 0 spiro atoms. The topological polar surface area (TPSA) is 52.6 Å². The maximum atomic E-state index is 12.2. The van der Waals surface area contributed by atoms with Crippen LogP contribution >= 0.6 is 7.60 Å². The number of rotatable bonds is 8. The van der Waals surface area contributed by atoms with Crippen LogP contribution in [0.25, 0.3) is 0 Å². The standard InChI is InChI=1S/C10H19O4P/c1-5-10(8-9(4)11)15(12,13-6-2)14-7-3/h5,10H,1,6-8H2,2-4H3. The Morgan fingerprint density at radius 3 is 2.13 bits per heavy atom. The number of carbonyl (C=O) groups excluding carboxylic acids is 1. The molecule has 0 radical (unpaired) electrons. The minimum atomic E-state index is -3.22. The monoisotopic (exact) mass is 234 g/mol. The second-order valence-electron chi connectivity index (χ2n) is 3.08. The Balaban J connectivity index is 4.75. The van der Waals surface area contributed by atoms with E-state index in [1.807, 2.05) is 0 Å². The summed E-state index contributed by atoms with van der Waals surface area (Å²) in [4.78, 5) is 11.0. The van der Waals surface area contributed by atoms with E-state index in [0.29, 0.717) is 13.2 Å². The van der Waals surface area contributed by atoms with E-state index in [4.69, 9.17) is 9.05 Å². The van der Waals surface area contributed by atoms with Crippen LogP contribution in [0.3, 0.4) is 0 Å². The second kappa shape index (κ2) is 6.94. The predicted octanol–water partition coefficient (Wildman–Crippen LogP) is 2.79. The molecule has 0 aliphatic heterocycles. The second-order valence-corrected chi connectivity index (χ2v) is 5.34. The maximum Gasteiger partial charge on any atom is 0.337 e. The zero-order valence-electron chi connectivity index (χ0n) is 9.56. The molecular formula is C10H19O4P. The Morgan fingerprint density at radius 1 is 1.40 bits per heavy atom. The first-order valence-corrected chi connectivity index (χ1v) is 6.62. The Kier molecular flexibility index (Phi) is 6.73. The van der Waals surface area contributed by atoms with E-state index < -0.39 is 13.3 Å². The fraction of sp³-hybridized carbons (Fsp3) is 0.700. The zero-order chi connectivity index (χ0) is 11.9. The summed E-state index contributed by atoms with van der Waals surface area (Å²) in [6.45, 7) is 9.06. The molecule has 0 aromatic heterocycles. The van der Waals surface area contributed by atoms with Crippen molar-refractivity contribution in [1.29, 1.82) is 0 Å². The number of hydrogen-bond donors (Lipinski definition) is 0. The summed E-state index contributed by atoms with van der Waals surface area (Å²) in [6.07, 6.45) is 1.61. The minimum Gasteiger partial charge on any atom is -0.308 e. The highest BCUT2D eigenvalue weighted by atomic mass is 31.2. The summed E-state index contributed by atoms with van der Waals surface area (Å²) in [6, 6.07) is 0. The fourth-order valence-electron chi connectivity index (χ4n) is 1.21. The van der Waals surface area contributed by atoms with Crippen molar-refractivity contribution in [2.24, 2.45) is 0 Å². The van der Waals surface area contributed by atoms with E-state index in [-0.39, 0.29) is 12.2 Å². The maximum absolute atomic E-state index is 12.2. The van der Waals surface area contributed by atoms with Gasteiger partial charge in [-0.2, -0.15) is 0 Å². The number of Topliss-reactive ketones (excluding diaryl/α,β-unsaturated/α-hetero) is 1. The molecule has 0 saturated heterocycles. The molecule has 0 rings (SSSR count). The molecule has 4 nitrogen and oxygen atoms in total. The summed E-state index contributed by atoms with van der Waals surface area (Å²) in [5, 5.41) is 0. The van der Waals surface area contributed by atoms with Gasteiger partial charge in [0.15, 0.2) is 0 Å². The smallest absolute Gasteiger partial charge is 0.308 e. The molecular weight excluding hydrogens is 215 g/mol. The van der Waals surface area contributed by atoms with E-state index in [0.717, 1.165) is 0 Å². The third-order valence-corrected chi connectivity index (χ3v) is 4.23. The largest absolute Gasteiger partial charge is 0.337 e. The van der Waals surface area contributed by atoms with E-state index in [1.165, 1.54) is 13.0 Å². The van der Waals surface area contributed by atoms with E-state index >= 15 is 0 Å². The molecule has 0 heterocycles. The highest BCUT2D eigenvalue weighted by Gasteiger charge is 2.33. The van der Waals surface area contributed by atoms with E-state index in [2.05, 4.69) is 6.58 Å².